The van der Waals surface area contributed by atoms with Gasteiger partial charge in [-0.1, -0.05) is 58.3 Å². The first kappa shape index (κ1) is 25.6. The lowest BCUT2D eigenvalue weighted by atomic mass is 10.1. The Bertz CT molecular complexity index is 577. The van der Waals surface area contributed by atoms with Crippen LogP contribution in [0.5, 0.6) is 0 Å². The van der Waals surface area contributed by atoms with Crippen molar-refractivity contribution < 1.29 is 19.1 Å². The molecule has 29 heavy (non-hydrogen) atoms. The molecule has 7 heteroatoms. The van der Waals surface area contributed by atoms with Gasteiger partial charge in [0.25, 0.3) is 0 Å². The van der Waals surface area contributed by atoms with E-state index in [0.717, 1.165) is 17.8 Å². The number of hydrogen-bond acceptors (Lipinski definition) is 6. The first-order valence-corrected chi connectivity index (χ1v) is 11.9. The van der Waals surface area contributed by atoms with Gasteiger partial charge in [-0.2, -0.15) is 0 Å². The molecule has 0 saturated heterocycles. The molecule has 0 aliphatic rings. The molecule has 0 fully saturated rings. The van der Waals surface area contributed by atoms with Gasteiger partial charge < -0.3 is 14.4 Å². The summed E-state index contributed by atoms with van der Waals surface area (Å²) in [6, 6.07) is 0. The van der Waals surface area contributed by atoms with Gasteiger partial charge >= 0.3 is 5.97 Å². The van der Waals surface area contributed by atoms with E-state index in [2.05, 4.69) is 11.9 Å². The van der Waals surface area contributed by atoms with Crippen LogP contribution >= 0.6 is 11.3 Å². The van der Waals surface area contributed by atoms with Gasteiger partial charge in [0.2, 0.25) is 5.91 Å². The Kier molecular flexibility index (Phi) is 14.4. The molecule has 0 aliphatic carbocycles. The van der Waals surface area contributed by atoms with Crippen LogP contribution in [0.1, 0.15) is 93.6 Å². The Hall–Kier alpha value is -1.47. The van der Waals surface area contributed by atoms with Crippen molar-refractivity contribution in [3.63, 3.8) is 0 Å². The van der Waals surface area contributed by atoms with E-state index in [1.165, 1.54) is 56.3 Å². The highest BCUT2D eigenvalue weighted by molar-refractivity contribution is 7.09. The first-order valence-electron chi connectivity index (χ1n) is 11.0. The third-order valence-electron chi connectivity index (χ3n) is 4.77. The Morgan fingerprint density at radius 3 is 2.31 bits per heavy atom. The number of aromatic nitrogens is 1. The fourth-order valence-electron chi connectivity index (χ4n) is 3.08. The smallest absolute Gasteiger partial charge is 0.357 e. The van der Waals surface area contributed by atoms with Crippen LogP contribution in [0.3, 0.4) is 0 Å². The number of thiazole rings is 1. The van der Waals surface area contributed by atoms with Gasteiger partial charge in [0.15, 0.2) is 5.69 Å². The Morgan fingerprint density at radius 2 is 1.69 bits per heavy atom. The molecular formula is C22H38N2O4S. The molecule has 0 atom stereocenters. The average molecular weight is 427 g/mol. The van der Waals surface area contributed by atoms with Gasteiger partial charge in [0, 0.05) is 25.5 Å². The fraction of sp³-hybridized carbons (Fsp3) is 0.773. The van der Waals surface area contributed by atoms with Crippen molar-refractivity contribution in [1.29, 1.82) is 0 Å². The van der Waals surface area contributed by atoms with Gasteiger partial charge in [0.1, 0.15) is 5.01 Å². The molecule has 6 nitrogen and oxygen atoms in total. The van der Waals surface area contributed by atoms with Gasteiger partial charge in [0.05, 0.1) is 19.8 Å². The summed E-state index contributed by atoms with van der Waals surface area (Å²) in [6.07, 6.45) is 11.6. The highest BCUT2D eigenvalue weighted by Crippen LogP contribution is 2.16. The van der Waals surface area contributed by atoms with Crippen molar-refractivity contribution in [3.8, 4) is 0 Å². The molecule has 166 valence electrons. The average Bonchev–Trinajstić information content (AvgIpc) is 3.18. The van der Waals surface area contributed by atoms with Crippen LogP contribution in [-0.2, 0) is 20.8 Å². The van der Waals surface area contributed by atoms with Crippen LogP contribution in [0.4, 0.5) is 0 Å². The minimum absolute atomic E-state index is 0.123. The minimum atomic E-state index is -0.417. The first-order chi connectivity index (χ1) is 14.1. The molecule has 1 aromatic heterocycles. The SMILES string of the molecule is CCCCCCCCCCCC(=O)N(CCOC)Cc1nc(C(=O)OCC)cs1. The molecular weight excluding hydrogens is 388 g/mol. The molecule has 0 aromatic carbocycles. The lowest BCUT2D eigenvalue weighted by Gasteiger charge is -2.21. The van der Waals surface area contributed by atoms with E-state index in [4.69, 9.17) is 9.47 Å². The number of nitrogens with zero attached hydrogens (tertiary/aromatic N) is 2. The van der Waals surface area contributed by atoms with Crippen molar-refractivity contribution in [2.75, 3.05) is 26.9 Å². The lowest BCUT2D eigenvalue weighted by molar-refractivity contribution is -0.132. The largest absolute Gasteiger partial charge is 0.461 e. The molecule has 1 rings (SSSR count). The van der Waals surface area contributed by atoms with Crippen LogP contribution in [0.2, 0.25) is 0 Å². The summed E-state index contributed by atoms with van der Waals surface area (Å²) in [5, 5.41) is 2.43. The third kappa shape index (κ3) is 11.3. The summed E-state index contributed by atoms with van der Waals surface area (Å²) in [4.78, 5) is 30.5. The monoisotopic (exact) mass is 426 g/mol. The standard InChI is InChI=1S/C22H38N2O4S/c1-4-6-7-8-9-10-11-12-13-14-21(25)24(15-16-27-3)17-20-23-19(18-29-20)22(26)28-5-2/h18H,4-17H2,1-3H3. The molecule has 0 N–H and O–H groups in total. The summed E-state index contributed by atoms with van der Waals surface area (Å²) in [5.41, 5.74) is 0.310. The minimum Gasteiger partial charge on any atom is -0.461 e. The number of esters is 1. The van der Waals surface area contributed by atoms with Gasteiger partial charge in [-0.05, 0) is 13.3 Å². The van der Waals surface area contributed by atoms with E-state index in [9.17, 15) is 9.59 Å². The van der Waals surface area contributed by atoms with E-state index in [1.807, 2.05) is 0 Å². The zero-order chi connectivity index (χ0) is 21.3. The number of carbonyl (C=O) groups is 2. The van der Waals surface area contributed by atoms with Crippen LogP contribution in [0.25, 0.3) is 0 Å². The van der Waals surface area contributed by atoms with Crippen LogP contribution in [0.15, 0.2) is 5.38 Å². The van der Waals surface area contributed by atoms with E-state index in [0.29, 0.717) is 38.4 Å². The van der Waals surface area contributed by atoms with E-state index in [1.54, 1.807) is 24.3 Å². The van der Waals surface area contributed by atoms with Crippen molar-refractivity contribution in [2.45, 2.75) is 84.6 Å². The van der Waals surface area contributed by atoms with Crippen molar-refractivity contribution in [2.24, 2.45) is 0 Å². The lowest BCUT2D eigenvalue weighted by Crippen LogP contribution is -2.33. The van der Waals surface area contributed by atoms with Crippen molar-refractivity contribution >= 4 is 23.2 Å². The fourth-order valence-corrected chi connectivity index (χ4v) is 3.86. The Labute approximate surface area is 180 Å². The predicted molar refractivity (Wildman–Crippen MR) is 117 cm³/mol. The molecule has 0 unspecified atom stereocenters. The van der Waals surface area contributed by atoms with E-state index >= 15 is 0 Å². The zero-order valence-electron chi connectivity index (χ0n) is 18.4. The maximum Gasteiger partial charge on any atom is 0.357 e. The zero-order valence-corrected chi connectivity index (χ0v) is 19.2. The number of methoxy groups -OCH3 is 1. The molecule has 1 amide bonds. The molecule has 1 heterocycles. The number of carbonyl (C=O) groups excluding carboxylic acids is 2. The van der Waals surface area contributed by atoms with Crippen LogP contribution < -0.4 is 0 Å². The third-order valence-corrected chi connectivity index (χ3v) is 5.61. The topological polar surface area (TPSA) is 68.7 Å². The Balaban J connectivity index is 2.37. The normalized spacial score (nSPS) is 10.9. The second-order valence-electron chi connectivity index (χ2n) is 7.23. The molecule has 0 aliphatic heterocycles. The summed E-state index contributed by atoms with van der Waals surface area (Å²) >= 11 is 1.38. The second-order valence-corrected chi connectivity index (χ2v) is 8.18. The van der Waals surface area contributed by atoms with Crippen LogP contribution in [-0.4, -0.2) is 48.6 Å². The summed E-state index contributed by atoms with van der Waals surface area (Å²) in [5.74, 6) is -0.294. The number of hydrogen-bond donors (Lipinski definition) is 0. The van der Waals surface area contributed by atoms with E-state index in [-0.39, 0.29) is 5.91 Å². The maximum absolute atomic E-state index is 12.7. The number of unbranched alkanes of at least 4 members (excludes halogenated alkanes) is 8. The molecule has 0 saturated carbocycles. The van der Waals surface area contributed by atoms with Crippen molar-refractivity contribution in [1.82, 2.24) is 9.88 Å². The predicted octanol–water partition coefficient (Wildman–Crippen LogP) is 5.22. The van der Waals surface area contributed by atoms with Crippen LogP contribution in [0, 0.1) is 0 Å². The molecule has 1 aromatic rings. The number of rotatable bonds is 17. The number of ether oxygens (including phenoxy) is 2. The van der Waals surface area contributed by atoms with Crippen molar-refractivity contribution in [3.05, 3.63) is 16.1 Å². The van der Waals surface area contributed by atoms with Gasteiger partial charge in [-0.25, -0.2) is 9.78 Å². The second kappa shape index (κ2) is 16.3. The summed E-state index contributed by atoms with van der Waals surface area (Å²) in [7, 11) is 1.63. The molecule has 0 spiro atoms. The van der Waals surface area contributed by atoms with Gasteiger partial charge in [-0.3, -0.25) is 4.79 Å². The number of amides is 1. The summed E-state index contributed by atoms with van der Waals surface area (Å²) < 4.78 is 10.1. The molecule has 0 bridgehead atoms. The molecule has 0 radical (unpaired) electrons. The summed E-state index contributed by atoms with van der Waals surface area (Å²) in [6.45, 7) is 5.75. The highest BCUT2D eigenvalue weighted by Gasteiger charge is 2.17. The van der Waals surface area contributed by atoms with E-state index < -0.39 is 5.97 Å². The van der Waals surface area contributed by atoms with Gasteiger partial charge in [-0.15, -0.1) is 11.3 Å². The maximum atomic E-state index is 12.7. The highest BCUT2D eigenvalue weighted by atomic mass is 32.1. The Morgan fingerprint density at radius 1 is 1.03 bits per heavy atom. The quantitative estimate of drug-likeness (QED) is 0.252.